The van der Waals surface area contributed by atoms with E-state index in [4.69, 9.17) is 0 Å². The largest absolute Gasteiger partial charge is 0.217 e. The molecule has 0 radical (unpaired) electrons. The van der Waals surface area contributed by atoms with Gasteiger partial charge in [-0.3, -0.25) is 0 Å². The van der Waals surface area contributed by atoms with Gasteiger partial charge >= 0.3 is 0 Å². The van der Waals surface area contributed by atoms with Crippen molar-refractivity contribution in [2.45, 2.75) is 0 Å². The van der Waals surface area contributed by atoms with Gasteiger partial charge in [0.2, 0.25) is 0 Å². The molecule has 0 bridgehead atoms. The van der Waals surface area contributed by atoms with Crippen molar-refractivity contribution in [1.82, 2.24) is 14.1 Å². The summed E-state index contributed by atoms with van der Waals surface area (Å²) in [6, 6.07) is 5.82. The van der Waals surface area contributed by atoms with Crippen LogP contribution in [0.2, 0.25) is 0 Å². The molecule has 44 valence electrons. The topological polar surface area (TPSA) is 30.2 Å². The minimum absolute atomic E-state index is 0.788. The van der Waals surface area contributed by atoms with Crippen molar-refractivity contribution >= 4 is 14.2 Å². The van der Waals surface area contributed by atoms with Gasteiger partial charge in [-0.25, -0.2) is 4.52 Å². The molecule has 2 aromatic rings. The van der Waals surface area contributed by atoms with Gasteiger partial charge in [-0.05, 0) is 12.1 Å². The molecule has 0 spiro atoms. The molecule has 0 amide bonds. The number of aromatic nitrogens is 3. The van der Waals surface area contributed by atoms with Gasteiger partial charge < -0.3 is 0 Å². The third kappa shape index (κ3) is 0.698. The highest BCUT2D eigenvalue weighted by Crippen LogP contribution is 2.00. The van der Waals surface area contributed by atoms with E-state index in [9.17, 15) is 0 Å². The lowest BCUT2D eigenvalue weighted by atomic mass is 10.5. The van der Waals surface area contributed by atoms with Gasteiger partial charge in [-0.1, -0.05) is 6.07 Å². The predicted octanol–water partition coefficient (Wildman–Crippen LogP) is 1.31. The van der Waals surface area contributed by atoms with Crippen LogP contribution in [0.5, 0.6) is 0 Å². The molecule has 0 unspecified atom stereocenters. The van der Waals surface area contributed by atoms with E-state index in [0.717, 1.165) is 14.2 Å². The second kappa shape index (κ2) is 1.78. The van der Waals surface area contributed by atoms with Crippen LogP contribution in [0.3, 0.4) is 0 Å². The van der Waals surface area contributed by atoms with Gasteiger partial charge in [-0.2, -0.15) is 4.75 Å². The summed E-state index contributed by atoms with van der Waals surface area (Å²) < 4.78 is 5.83. The number of pyridine rings is 1. The first-order valence-corrected chi connectivity index (χ1v) is 3.39. The van der Waals surface area contributed by atoms with Crippen molar-refractivity contribution in [3.8, 4) is 0 Å². The van der Waals surface area contributed by atoms with E-state index < -0.39 is 0 Å². The van der Waals surface area contributed by atoms with Crippen molar-refractivity contribution in [2.75, 3.05) is 0 Å². The van der Waals surface area contributed by atoms with Crippen molar-refractivity contribution in [3.63, 3.8) is 0 Å². The normalized spacial score (nSPS) is 11.1. The number of fused-ring (bicyclic) bond motifs is 1. The van der Waals surface area contributed by atoms with Crippen LogP contribution in [-0.2, 0) is 0 Å². The zero-order chi connectivity index (χ0) is 6.10. The first kappa shape index (κ1) is 4.89. The standard InChI is InChI=1S/C5H4N3P/c1-2-4-8-5(3-1)6-9-7-8/h1-4H. The zero-order valence-corrected chi connectivity index (χ0v) is 5.49. The van der Waals surface area contributed by atoms with Gasteiger partial charge in [0, 0.05) is 6.20 Å². The average molecular weight is 137 g/mol. The Labute approximate surface area is 53.6 Å². The highest BCUT2D eigenvalue weighted by molar-refractivity contribution is 7.20. The summed E-state index contributed by atoms with van der Waals surface area (Å²) in [5.41, 5.74) is 0.930. The Morgan fingerprint density at radius 3 is 3.33 bits per heavy atom. The lowest BCUT2D eigenvalue weighted by molar-refractivity contribution is 1.00. The Morgan fingerprint density at radius 1 is 1.44 bits per heavy atom. The third-order valence-electron chi connectivity index (χ3n) is 1.10. The molecule has 0 aliphatic carbocycles. The van der Waals surface area contributed by atoms with Crippen LogP contribution in [0.15, 0.2) is 24.4 Å². The Kier molecular flexibility index (Phi) is 0.965. The fourth-order valence-corrected chi connectivity index (χ4v) is 1.22. The molecular formula is C5H4N3P. The fraction of sp³-hybridized carbons (Fsp3) is 0. The SMILES string of the molecule is c1ccn2npnc2c1. The molecule has 0 saturated heterocycles. The summed E-state index contributed by atoms with van der Waals surface area (Å²) in [5, 5.41) is 0. The molecule has 9 heavy (non-hydrogen) atoms. The molecule has 3 nitrogen and oxygen atoms in total. The summed E-state index contributed by atoms with van der Waals surface area (Å²) in [5.74, 6) is 0. The van der Waals surface area contributed by atoms with Crippen LogP contribution >= 0.6 is 8.51 Å². The van der Waals surface area contributed by atoms with Gasteiger partial charge in [0.05, 0.1) is 0 Å². The highest BCUT2D eigenvalue weighted by atomic mass is 31.1. The van der Waals surface area contributed by atoms with E-state index in [1.165, 1.54) is 0 Å². The predicted molar refractivity (Wildman–Crippen MR) is 35.5 cm³/mol. The average Bonchev–Trinajstić information content (AvgIpc) is 2.33. The maximum Gasteiger partial charge on any atom is 0.178 e. The first-order valence-electron chi connectivity index (χ1n) is 2.59. The smallest absolute Gasteiger partial charge is 0.178 e. The van der Waals surface area contributed by atoms with E-state index in [-0.39, 0.29) is 0 Å². The van der Waals surface area contributed by atoms with E-state index in [0.29, 0.717) is 0 Å². The summed E-state index contributed by atoms with van der Waals surface area (Å²) >= 11 is 0. The summed E-state index contributed by atoms with van der Waals surface area (Å²) in [7, 11) is 0.788. The second-order valence-corrected chi connectivity index (χ2v) is 2.24. The summed E-state index contributed by atoms with van der Waals surface area (Å²) in [6.07, 6.45) is 1.89. The highest BCUT2D eigenvalue weighted by Gasteiger charge is 1.88. The van der Waals surface area contributed by atoms with Gasteiger partial charge in [-0.15, -0.1) is 4.86 Å². The van der Waals surface area contributed by atoms with E-state index >= 15 is 0 Å². The van der Waals surface area contributed by atoms with Crippen molar-refractivity contribution in [2.24, 2.45) is 0 Å². The molecule has 2 aromatic heterocycles. The molecule has 0 aliphatic heterocycles. The number of rotatable bonds is 0. The van der Waals surface area contributed by atoms with Crippen LogP contribution < -0.4 is 0 Å². The molecule has 0 fully saturated rings. The van der Waals surface area contributed by atoms with Crippen LogP contribution in [-0.4, -0.2) is 14.1 Å². The van der Waals surface area contributed by atoms with Crippen LogP contribution in [0.25, 0.3) is 5.65 Å². The van der Waals surface area contributed by atoms with Crippen LogP contribution in [0.4, 0.5) is 0 Å². The van der Waals surface area contributed by atoms with Crippen LogP contribution in [0, 0.1) is 0 Å². The Hall–Kier alpha value is -0.950. The fourth-order valence-electron chi connectivity index (χ4n) is 0.689. The third-order valence-corrected chi connectivity index (χ3v) is 1.67. The molecule has 4 heteroatoms. The van der Waals surface area contributed by atoms with Gasteiger partial charge in [0.15, 0.2) is 14.2 Å². The van der Waals surface area contributed by atoms with Crippen LogP contribution in [0.1, 0.15) is 0 Å². The summed E-state index contributed by atoms with van der Waals surface area (Å²) in [6.45, 7) is 0. The van der Waals surface area contributed by atoms with Crippen molar-refractivity contribution < 1.29 is 0 Å². The molecule has 2 rings (SSSR count). The maximum absolute atomic E-state index is 4.07. The van der Waals surface area contributed by atoms with Crippen molar-refractivity contribution in [1.29, 1.82) is 0 Å². The molecule has 0 saturated carbocycles. The van der Waals surface area contributed by atoms with E-state index in [2.05, 4.69) is 9.61 Å². The van der Waals surface area contributed by atoms with E-state index in [1.54, 1.807) is 4.52 Å². The number of hydrogen-bond acceptors (Lipinski definition) is 2. The lowest BCUT2D eigenvalue weighted by Gasteiger charge is -1.84. The van der Waals surface area contributed by atoms with Crippen molar-refractivity contribution in [3.05, 3.63) is 24.4 Å². The monoisotopic (exact) mass is 137 g/mol. The second-order valence-electron chi connectivity index (χ2n) is 1.68. The van der Waals surface area contributed by atoms with Gasteiger partial charge in [0.1, 0.15) is 0 Å². The quantitative estimate of drug-likeness (QED) is 0.548. The Bertz CT molecular complexity index is 286. The molecule has 0 N–H and O–H groups in total. The maximum atomic E-state index is 4.07. The lowest BCUT2D eigenvalue weighted by Crippen LogP contribution is -1.81. The first-order chi connectivity index (χ1) is 4.47. The van der Waals surface area contributed by atoms with E-state index in [1.807, 2.05) is 24.4 Å². The number of nitrogens with zero attached hydrogens (tertiary/aromatic N) is 3. The molecular weight excluding hydrogens is 133 g/mol. The zero-order valence-electron chi connectivity index (χ0n) is 4.60. The molecule has 2 heterocycles. The molecule has 0 atom stereocenters. The summed E-state index contributed by atoms with van der Waals surface area (Å²) in [4.78, 5) is 4.02. The molecule has 0 aromatic carbocycles. The Balaban J connectivity index is 2.95. The minimum atomic E-state index is 0.788. The minimum Gasteiger partial charge on any atom is -0.217 e. The number of hydrogen-bond donors (Lipinski definition) is 0. The molecule has 0 aliphatic rings. The Morgan fingerprint density at radius 2 is 2.44 bits per heavy atom. The van der Waals surface area contributed by atoms with Gasteiger partial charge in [0.25, 0.3) is 0 Å².